The molecule has 0 saturated carbocycles. The quantitative estimate of drug-likeness (QED) is 0.673. The number of aliphatic hydroxyl groups is 1. The molecule has 0 aliphatic carbocycles. The van der Waals surface area contributed by atoms with E-state index in [1.165, 1.54) is 4.31 Å². The van der Waals surface area contributed by atoms with Crippen molar-refractivity contribution in [2.45, 2.75) is 30.9 Å². The SMILES string of the molecule is CCOC(=O)[C@@H]([C@H](O)c1ccccc1)N1CCN(S(=O)(=O)c2ccc(C)cc2)CC1. The predicted octanol–water partition coefficient (Wildman–Crippen LogP) is 1.97. The topological polar surface area (TPSA) is 87.2 Å². The number of carbonyl (C=O) groups excluding carboxylic acids is 1. The van der Waals surface area contributed by atoms with Crippen molar-refractivity contribution in [1.82, 2.24) is 9.21 Å². The van der Waals surface area contributed by atoms with Crippen molar-refractivity contribution in [3.05, 3.63) is 65.7 Å². The molecule has 0 unspecified atom stereocenters. The molecule has 0 aromatic heterocycles. The molecule has 1 heterocycles. The van der Waals surface area contributed by atoms with Crippen LogP contribution in [0.25, 0.3) is 0 Å². The van der Waals surface area contributed by atoms with E-state index in [1.807, 2.05) is 13.0 Å². The van der Waals surface area contributed by atoms with E-state index in [9.17, 15) is 18.3 Å². The first-order valence-electron chi connectivity index (χ1n) is 10.0. The molecule has 30 heavy (non-hydrogen) atoms. The number of piperazine rings is 1. The summed E-state index contributed by atoms with van der Waals surface area (Å²) in [5.41, 5.74) is 1.61. The second-order valence-corrected chi connectivity index (χ2v) is 9.24. The molecule has 2 aromatic carbocycles. The normalized spacial score (nSPS) is 18.0. The van der Waals surface area contributed by atoms with Gasteiger partial charge in [-0.25, -0.2) is 8.42 Å². The molecule has 7 nitrogen and oxygen atoms in total. The van der Waals surface area contributed by atoms with Crippen LogP contribution in [-0.2, 0) is 19.6 Å². The van der Waals surface area contributed by atoms with E-state index in [-0.39, 0.29) is 24.6 Å². The summed E-state index contributed by atoms with van der Waals surface area (Å²) in [6.07, 6.45) is -1.06. The summed E-state index contributed by atoms with van der Waals surface area (Å²) in [5, 5.41) is 10.9. The lowest BCUT2D eigenvalue weighted by Gasteiger charge is -2.39. The summed E-state index contributed by atoms with van der Waals surface area (Å²) >= 11 is 0. The van der Waals surface area contributed by atoms with Crippen LogP contribution in [0.15, 0.2) is 59.5 Å². The molecular weight excluding hydrogens is 404 g/mol. The van der Waals surface area contributed by atoms with Crippen molar-refractivity contribution >= 4 is 16.0 Å². The molecular formula is C22H28N2O5S. The number of aryl methyl sites for hydroxylation is 1. The number of hydrogen-bond acceptors (Lipinski definition) is 6. The maximum atomic E-state index is 12.9. The van der Waals surface area contributed by atoms with Crippen LogP contribution >= 0.6 is 0 Å². The fraction of sp³-hybridized carbons (Fsp3) is 0.409. The molecule has 1 N–H and O–H groups in total. The Labute approximate surface area is 177 Å². The highest BCUT2D eigenvalue weighted by Gasteiger charge is 2.38. The van der Waals surface area contributed by atoms with Crippen LogP contribution in [0.2, 0.25) is 0 Å². The molecule has 3 rings (SSSR count). The molecule has 2 aromatic rings. The molecule has 0 radical (unpaired) electrons. The first-order chi connectivity index (χ1) is 14.3. The van der Waals surface area contributed by atoms with Crippen molar-refractivity contribution in [3.63, 3.8) is 0 Å². The average molecular weight is 433 g/mol. The molecule has 1 fully saturated rings. The number of rotatable bonds is 7. The summed E-state index contributed by atoms with van der Waals surface area (Å²) in [5.74, 6) is -0.510. The van der Waals surface area contributed by atoms with Gasteiger partial charge in [-0.2, -0.15) is 4.31 Å². The number of benzene rings is 2. The molecule has 0 amide bonds. The minimum absolute atomic E-state index is 0.207. The number of nitrogens with zero attached hydrogens (tertiary/aromatic N) is 2. The third kappa shape index (κ3) is 4.89. The lowest BCUT2D eigenvalue weighted by Crippen LogP contribution is -2.55. The van der Waals surface area contributed by atoms with E-state index in [0.29, 0.717) is 18.7 Å². The number of hydrogen-bond donors (Lipinski definition) is 1. The van der Waals surface area contributed by atoms with Crippen LogP contribution in [0.3, 0.4) is 0 Å². The highest BCUT2D eigenvalue weighted by Crippen LogP contribution is 2.25. The average Bonchev–Trinajstić information content (AvgIpc) is 2.75. The number of aliphatic hydroxyl groups excluding tert-OH is 1. The smallest absolute Gasteiger partial charge is 0.326 e. The summed E-state index contributed by atoms with van der Waals surface area (Å²) in [7, 11) is -3.60. The number of sulfonamides is 1. The predicted molar refractivity (Wildman–Crippen MR) is 113 cm³/mol. The van der Waals surface area contributed by atoms with Gasteiger partial charge in [0.2, 0.25) is 10.0 Å². The van der Waals surface area contributed by atoms with Gasteiger partial charge in [-0.15, -0.1) is 0 Å². The molecule has 1 saturated heterocycles. The molecule has 1 aliphatic heterocycles. The van der Waals surface area contributed by atoms with E-state index < -0.39 is 28.1 Å². The van der Waals surface area contributed by atoms with Gasteiger partial charge in [0.1, 0.15) is 12.1 Å². The Bertz CT molecular complexity index is 939. The number of ether oxygens (including phenoxy) is 1. The zero-order chi connectivity index (χ0) is 21.7. The second-order valence-electron chi connectivity index (χ2n) is 7.31. The van der Waals surface area contributed by atoms with Gasteiger partial charge in [0.05, 0.1) is 11.5 Å². The van der Waals surface area contributed by atoms with Gasteiger partial charge in [-0.3, -0.25) is 9.69 Å². The van der Waals surface area contributed by atoms with E-state index in [0.717, 1.165) is 5.56 Å². The van der Waals surface area contributed by atoms with Crippen LogP contribution in [0.4, 0.5) is 0 Å². The molecule has 1 aliphatic rings. The van der Waals surface area contributed by atoms with Crippen LogP contribution in [0.5, 0.6) is 0 Å². The van der Waals surface area contributed by atoms with E-state index >= 15 is 0 Å². The van der Waals surface area contributed by atoms with Gasteiger partial charge in [0.25, 0.3) is 0 Å². The monoisotopic (exact) mass is 432 g/mol. The summed E-state index contributed by atoms with van der Waals surface area (Å²) in [6.45, 7) is 4.93. The summed E-state index contributed by atoms with van der Waals surface area (Å²) in [6, 6.07) is 14.8. The first kappa shape index (κ1) is 22.4. The molecule has 0 bridgehead atoms. The highest BCUT2D eigenvalue weighted by molar-refractivity contribution is 7.89. The van der Waals surface area contributed by atoms with Gasteiger partial charge < -0.3 is 9.84 Å². The Kier molecular flexibility index (Phi) is 7.25. The van der Waals surface area contributed by atoms with Crippen molar-refractivity contribution in [1.29, 1.82) is 0 Å². The third-order valence-corrected chi connectivity index (χ3v) is 7.21. The lowest BCUT2D eigenvalue weighted by molar-refractivity contribution is -0.155. The molecule has 0 spiro atoms. The van der Waals surface area contributed by atoms with Gasteiger partial charge in [-0.05, 0) is 31.5 Å². The first-order valence-corrected chi connectivity index (χ1v) is 11.5. The summed E-state index contributed by atoms with van der Waals surface area (Å²) < 4.78 is 32.5. The van der Waals surface area contributed by atoms with Gasteiger partial charge in [0, 0.05) is 26.2 Å². The van der Waals surface area contributed by atoms with Crippen molar-refractivity contribution in [2.75, 3.05) is 32.8 Å². The Morgan fingerprint density at radius 1 is 1.03 bits per heavy atom. The van der Waals surface area contributed by atoms with Gasteiger partial charge in [0.15, 0.2) is 0 Å². The van der Waals surface area contributed by atoms with Crippen LogP contribution < -0.4 is 0 Å². The Morgan fingerprint density at radius 3 is 2.20 bits per heavy atom. The van der Waals surface area contributed by atoms with Crippen LogP contribution in [0, 0.1) is 6.92 Å². The van der Waals surface area contributed by atoms with E-state index in [4.69, 9.17) is 4.74 Å². The minimum atomic E-state index is -3.60. The minimum Gasteiger partial charge on any atom is -0.465 e. The fourth-order valence-electron chi connectivity index (χ4n) is 3.62. The zero-order valence-electron chi connectivity index (χ0n) is 17.3. The number of esters is 1. The maximum absolute atomic E-state index is 12.9. The van der Waals surface area contributed by atoms with Crippen molar-refractivity contribution in [2.24, 2.45) is 0 Å². The standard InChI is InChI=1S/C22H28N2O5S/c1-3-29-22(26)20(21(25)18-7-5-4-6-8-18)23-13-15-24(16-14-23)30(27,28)19-11-9-17(2)10-12-19/h4-12,20-21,25H,3,13-16H2,1-2H3/t20-,21-/m1/s1. The Morgan fingerprint density at radius 2 is 1.63 bits per heavy atom. The van der Waals surface area contributed by atoms with Crippen molar-refractivity contribution < 1.29 is 23.1 Å². The molecule has 2 atom stereocenters. The van der Waals surface area contributed by atoms with Crippen LogP contribution in [-0.4, -0.2) is 67.5 Å². The second kappa shape index (κ2) is 9.70. The van der Waals surface area contributed by atoms with E-state index in [2.05, 4.69) is 0 Å². The maximum Gasteiger partial charge on any atom is 0.326 e. The Hall–Kier alpha value is -2.26. The largest absolute Gasteiger partial charge is 0.465 e. The third-order valence-electron chi connectivity index (χ3n) is 5.29. The lowest BCUT2D eigenvalue weighted by atomic mass is 10.0. The molecule has 8 heteroatoms. The highest BCUT2D eigenvalue weighted by atomic mass is 32.2. The van der Waals surface area contributed by atoms with Crippen molar-refractivity contribution in [3.8, 4) is 0 Å². The molecule has 162 valence electrons. The van der Waals surface area contributed by atoms with Crippen LogP contribution in [0.1, 0.15) is 24.2 Å². The zero-order valence-corrected chi connectivity index (χ0v) is 18.1. The number of carbonyl (C=O) groups is 1. The van der Waals surface area contributed by atoms with E-state index in [1.54, 1.807) is 60.4 Å². The summed E-state index contributed by atoms with van der Waals surface area (Å²) in [4.78, 5) is 14.7. The van der Waals surface area contributed by atoms with Gasteiger partial charge >= 0.3 is 5.97 Å². The fourth-order valence-corrected chi connectivity index (χ4v) is 5.04. The Balaban J connectivity index is 1.75. The van der Waals surface area contributed by atoms with Gasteiger partial charge in [-0.1, -0.05) is 48.0 Å².